The van der Waals surface area contributed by atoms with Crippen LogP contribution in [0.1, 0.15) is 35.6 Å². The van der Waals surface area contributed by atoms with E-state index in [4.69, 9.17) is 37.4 Å². The van der Waals surface area contributed by atoms with E-state index in [-0.39, 0.29) is 46.8 Å². The van der Waals surface area contributed by atoms with Gasteiger partial charge in [-0.25, -0.2) is 0 Å². The van der Waals surface area contributed by atoms with Crippen molar-refractivity contribution in [1.82, 2.24) is 0 Å². The van der Waals surface area contributed by atoms with Crippen LogP contribution in [0.15, 0.2) is 48.8 Å². The predicted octanol–water partition coefficient (Wildman–Crippen LogP) is 5.44. The number of fused-ring (bicyclic) bond motifs is 1. The number of hydrogen-bond acceptors (Lipinski definition) is 7. The lowest BCUT2D eigenvalue weighted by atomic mass is 10.0. The first-order valence-electron chi connectivity index (χ1n) is 13.1. The van der Waals surface area contributed by atoms with Crippen molar-refractivity contribution in [3.63, 3.8) is 0 Å². The highest BCUT2D eigenvalue weighted by molar-refractivity contribution is 6.35. The minimum atomic E-state index is -3.07. The van der Waals surface area contributed by atoms with Gasteiger partial charge in [-0.2, -0.15) is 13.5 Å². The van der Waals surface area contributed by atoms with Crippen LogP contribution in [0.4, 0.5) is 14.5 Å². The summed E-state index contributed by atoms with van der Waals surface area (Å²) in [7, 11) is 1.52. The summed E-state index contributed by atoms with van der Waals surface area (Å²) in [5, 5.41) is 11.9. The Kier molecular flexibility index (Phi) is 8.88. The van der Waals surface area contributed by atoms with E-state index in [9.17, 15) is 23.6 Å². The van der Waals surface area contributed by atoms with Gasteiger partial charge in [-0.15, -0.1) is 0 Å². The van der Waals surface area contributed by atoms with Crippen molar-refractivity contribution >= 4 is 40.8 Å². The topological polar surface area (TPSA) is 101 Å². The molecule has 5 rings (SSSR count). The zero-order valence-electron chi connectivity index (χ0n) is 22.4. The smallest absolute Gasteiger partial charge is 0.387 e. The molecule has 2 aromatic carbocycles. The van der Waals surface area contributed by atoms with E-state index in [0.29, 0.717) is 45.4 Å². The molecule has 1 atom stereocenters. The largest absolute Gasteiger partial charge is 0.619 e. The number of hydrogen-bond donors (Lipinski definition) is 0. The van der Waals surface area contributed by atoms with Crippen molar-refractivity contribution in [2.24, 2.45) is 5.92 Å². The molecule has 0 saturated heterocycles. The highest BCUT2D eigenvalue weighted by Gasteiger charge is 2.32. The molecule has 222 valence electrons. The maximum Gasteiger partial charge on any atom is 0.387 e. The molecule has 1 aliphatic heterocycles. The first-order chi connectivity index (χ1) is 20.1. The monoisotopic (exact) mass is 622 g/mol. The van der Waals surface area contributed by atoms with Crippen molar-refractivity contribution in [2.75, 3.05) is 25.2 Å². The van der Waals surface area contributed by atoms with Crippen LogP contribution in [0, 0.1) is 11.1 Å². The highest BCUT2D eigenvalue weighted by Crippen LogP contribution is 2.38. The van der Waals surface area contributed by atoms with E-state index in [0.717, 1.165) is 25.2 Å². The molecule has 0 bridgehead atoms. The summed E-state index contributed by atoms with van der Waals surface area (Å²) < 4.78 is 48.1. The summed E-state index contributed by atoms with van der Waals surface area (Å²) in [6, 6.07) is 9.33. The molecular weight excluding hydrogens is 597 g/mol. The number of aromatic nitrogens is 1. The van der Waals surface area contributed by atoms with Crippen molar-refractivity contribution in [2.45, 2.75) is 38.4 Å². The number of benzene rings is 2. The maximum absolute atomic E-state index is 13.3. The minimum Gasteiger partial charge on any atom is -0.619 e. The summed E-state index contributed by atoms with van der Waals surface area (Å²) in [6.07, 6.45) is 3.15. The Bertz CT molecular complexity index is 1480. The number of pyridine rings is 1. The molecule has 1 amide bonds. The minimum absolute atomic E-state index is 0.0407. The second-order valence-corrected chi connectivity index (χ2v) is 10.8. The zero-order chi connectivity index (χ0) is 30.0. The fraction of sp³-hybridized carbons (Fsp3) is 0.345. The molecule has 9 nitrogen and oxygen atoms in total. The SMILES string of the molecule is COc1ccc2c(c1)CC(=O)N2CC(=O)OC(Cc1c(Cl)c[n+]([O-])cc1Cl)c1ccc(OC(F)F)c(OCC2CC2)c1. The summed E-state index contributed by atoms with van der Waals surface area (Å²) in [5.74, 6) is -0.236. The molecule has 1 aromatic heterocycles. The van der Waals surface area contributed by atoms with Gasteiger partial charge in [0, 0.05) is 17.7 Å². The summed E-state index contributed by atoms with van der Waals surface area (Å²) in [6.45, 7) is -3.15. The molecule has 0 spiro atoms. The molecule has 42 heavy (non-hydrogen) atoms. The number of methoxy groups -OCH3 is 1. The van der Waals surface area contributed by atoms with Gasteiger partial charge in [-0.1, -0.05) is 29.3 Å². The molecule has 1 saturated carbocycles. The van der Waals surface area contributed by atoms with Crippen LogP contribution in [-0.4, -0.2) is 38.7 Å². The van der Waals surface area contributed by atoms with Gasteiger partial charge in [-0.05, 0) is 60.2 Å². The van der Waals surface area contributed by atoms with E-state index in [1.807, 2.05) is 0 Å². The Labute approximate surface area is 250 Å². The zero-order valence-corrected chi connectivity index (χ0v) is 23.9. The first kappa shape index (κ1) is 29.7. The maximum atomic E-state index is 13.3. The number of esters is 1. The first-order valence-corrected chi connectivity index (χ1v) is 13.8. The molecule has 3 aromatic rings. The van der Waals surface area contributed by atoms with E-state index in [1.54, 1.807) is 18.2 Å². The Morgan fingerprint density at radius 1 is 1.12 bits per heavy atom. The molecular formula is C29H26Cl2F2N2O7. The standard InChI is InChI=1S/C29H26Cl2F2N2O7/c1-39-19-5-6-23-18(8-19)10-27(36)35(23)14-28(37)41-25(11-20-21(30)12-34(38)13-22(20)31)17-4-7-24(42-29(32)33)26(9-17)40-15-16-2-3-16/h4-9,12-13,16,25,29H,2-3,10-11,14-15H2,1H3. The van der Waals surface area contributed by atoms with Gasteiger partial charge in [0.2, 0.25) is 5.91 Å². The van der Waals surface area contributed by atoms with Gasteiger partial charge in [0.05, 0.1) is 20.1 Å². The lowest BCUT2D eigenvalue weighted by molar-refractivity contribution is -0.605. The number of rotatable bonds is 12. The lowest BCUT2D eigenvalue weighted by Crippen LogP contribution is -2.34. The summed E-state index contributed by atoms with van der Waals surface area (Å²) in [4.78, 5) is 27.4. The number of anilines is 1. The number of carbonyl (C=O) groups is 2. The van der Waals surface area contributed by atoms with Crippen LogP contribution < -0.4 is 23.8 Å². The Morgan fingerprint density at radius 2 is 1.86 bits per heavy atom. The average molecular weight is 623 g/mol. The van der Waals surface area contributed by atoms with E-state index >= 15 is 0 Å². The van der Waals surface area contributed by atoms with E-state index < -0.39 is 18.7 Å². The van der Waals surface area contributed by atoms with Gasteiger partial charge >= 0.3 is 12.6 Å². The number of ether oxygens (including phenoxy) is 4. The van der Waals surface area contributed by atoms with Gasteiger partial charge in [0.1, 0.15) is 28.4 Å². The number of nitrogens with zero attached hydrogens (tertiary/aromatic N) is 2. The highest BCUT2D eigenvalue weighted by atomic mass is 35.5. The number of amides is 1. The molecule has 1 aliphatic carbocycles. The van der Waals surface area contributed by atoms with Crippen LogP contribution in [0.25, 0.3) is 0 Å². The Balaban J connectivity index is 1.43. The second kappa shape index (κ2) is 12.6. The van der Waals surface area contributed by atoms with Crippen LogP contribution >= 0.6 is 23.2 Å². The van der Waals surface area contributed by atoms with Crippen molar-refractivity contribution in [3.05, 3.63) is 80.7 Å². The van der Waals surface area contributed by atoms with Crippen LogP contribution in [-0.2, 0) is 27.2 Å². The molecule has 1 fully saturated rings. The normalized spacial score (nSPS) is 15.0. The van der Waals surface area contributed by atoms with Crippen molar-refractivity contribution in [3.8, 4) is 17.2 Å². The van der Waals surface area contributed by atoms with Gasteiger partial charge in [-0.3, -0.25) is 9.59 Å². The number of alkyl halides is 2. The third-order valence-electron chi connectivity index (χ3n) is 6.96. The van der Waals surface area contributed by atoms with Gasteiger partial charge in [0.15, 0.2) is 23.9 Å². The quantitative estimate of drug-likeness (QED) is 0.151. The van der Waals surface area contributed by atoms with Crippen LogP contribution in [0.2, 0.25) is 10.0 Å². The molecule has 1 unspecified atom stereocenters. The molecule has 13 heteroatoms. The van der Waals surface area contributed by atoms with Gasteiger partial charge in [0.25, 0.3) is 0 Å². The predicted molar refractivity (Wildman–Crippen MR) is 148 cm³/mol. The summed E-state index contributed by atoms with van der Waals surface area (Å²) in [5.41, 5.74) is 1.98. The summed E-state index contributed by atoms with van der Waals surface area (Å²) >= 11 is 12.6. The molecule has 0 N–H and O–H groups in total. The average Bonchev–Trinajstić information content (AvgIpc) is 3.71. The molecule has 2 aliphatic rings. The fourth-order valence-electron chi connectivity index (χ4n) is 4.65. The molecule has 0 radical (unpaired) electrons. The number of halogens is 4. The lowest BCUT2D eigenvalue weighted by Gasteiger charge is -2.23. The second-order valence-electron chi connectivity index (χ2n) is 9.97. The number of carbonyl (C=O) groups excluding carboxylic acids is 2. The third kappa shape index (κ3) is 6.96. The van der Waals surface area contributed by atoms with Crippen molar-refractivity contribution < 1.29 is 42.0 Å². The Morgan fingerprint density at radius 3 is 2.52 bits per heavy atom. The van der Waals surface area contributed by atoms with Crippen LogP contribution in [0.5, 0.6) is 17.2 Å². The van der Waals surface area contributed by atoms with Crippen LogP contribution in [0.3, 0.4) is 0 Å². The molecule has 2 heterocycles. The Hall–Kier alpha value is -3.83. The fourth-order valence-corrected chi connectivity index (χ4v) is 5.25. The van der Waals surface area contributed by atoms with E-state index in [2.05, 4.69) is 4.74 Å². The van der Waals surface area contributed by atoms with Gasteiger partial charge < -0.3 is 29.1 Å². The third-order valence-corrected chi connectivity index (χ3v) is 7.61. The van der Waals surface area contributed by atoms with Crippen molar-refractivity contribution in [1.29, 1.82) is 0 Å². The van der Waals surface area contributed by atoms with E-state index in [1.165, 1.54) is 30.2 Å².